The summed E-state index contributed by atoms with van der Waals surface area (Å²) in [5.74, 6) is -0.493. The SMILES string of the molecule is CCOC(=O)CNC(=O)N(CCC#N)Cc1cccnc1. The monoisotopic (exact) mass is 290 g/mol. The highest BCUT2D eigenvalue weighted by Gasteiger charge is 2.15. The molecular formula is C14H18N4O3. The lowest BCUT2D eigenvalue weighted by molar-refractivity contribution is -0.141. The predicted molar refractivity (Wildman–Crippen MR) is 74.9 cm³/mol. The summed E-state index contributed by atoms with van der Waals surface area (Å²) in [5.41, 5.74) is 0.849. The molecule has 112 valence electrons. The van der Waals surface area contributed by atoms with E-state index < -0.39 is 12.0 Å². The summed E-state index contributed by atoms with van der Waals surface area (Å²) in [6, 6.07) is 5.19. The fraction of sp³-hybridized carbons (Fsp3) is 0.429. The van der Waals surface area contributed by atoms with E-state index in [2.05, 4.69) is 10.3 Å². The van der Waals surface area contributed by atoms with Crippen molar-refractivity contribution < 1.29 is 14.3 Å². The second-order valence-corrected chi connectivity index (χ2v) is 4.15. The molecular weight excluding hydrogens is 272 g/mol. The number of urea groups is 1. The average molecular weight is 290 g/mol. The van der Waals surface area contributed by atoms with Crippen LogP contribution in [0.1, 0.15) is 18.9 Å². The van der Waals surface area contributed by atoms with Crippen molar-refractivity contribution in [2.75, 3.05) is 19.7 Å². The van der Waals surface area contributed by atoms with Crippen LogP contribution in [0.15, 0.2) is 24.5 Å². The van der Waals surface area contributed by atoms with Crippen molar-refractivity contribution in [3.05, 3.63) is 30.1 Å². The van der Waals surface area contributed by atoms with E-state index in [1.165, 1.54) is 4.90 Å². The van der Waals surface area contributed by atoms with Gasteiger partial charge < -0.3 is 15.0 Å². The van der Waals surface area contributed by atoms with E-state index in [9.17, 15) is 9.59 Å². The molecule has 1 aromatic rings. The first kappa shape index (κ1) is 16.4. The number of hydrogen-bond acceptors (Lipinski definition) is 5. The van der Waals surface area contributed by atoms with Crippen LogP contribution in [-0.4, -0.2) is 41.6 Å². The quantitative estimate of drug-likeness (QED) is 0.758. The largest absolute Gasteiger partial charge is 0.465 e. The molecule has 21 heavy (non-hydrogen) atoms. The third kappa shape index (κ3) is 6.38. The van der Waals surface area contributed by atoms with Gasteiger partial charge in [-0.3, -0.25) is 9.78 Å². The molecule has 0 bridgehead atoms. The van der Waals surface area contributed by atoms with Gasteiger partial charge in [0.25, 0.3) is 0 Å². The van der Waals surface area contributed by atoms with Gasteiger partial charge in [0.1, 0.15) is 6.54 Å². The Kier molecular flexibility index (Phi) is 7.29. The Balaban J connectivity index is 2.57. The summed E-state index contributed by atoms with van der Waals surface area (Å²) in [7, 11) is 0. The number of esters is 1. The summed E-state index contributed by atoms with van der Waals surface area (Å²) < 4.78 is 4.74. The Hall–Kier alpha value is -2.62. The van der Waals surface area contributed by atoms with Gasteiger partial charge in [-0.2, -0.15) is 5.26 Å². The van der Waals surface area contributed by atoms with E-state index in [0.29, 0.717) is 6.54 Å². The normalized spacial score (nSPS) is 9.52. The number of carbonyl (C=O) groups is 2. The molecule has 0 radical (unpaired) electrons. The minimum Gasteiger partial charge on any atom is -0.465 e. The van der Waals surface area contributed by atoms with Gasteiger partial charge in [0.05, 0.1) is 19.1 Å². The van der Waals surface area contributed by atoms with Crippen LogP contribution in [0.5, 0.6) is 0 Å². The Morgan fingerprint density at radius 3 is 2.95 bits per heavy atom. The van der Waals surface area contributed by atoms with Crippen molar-refractivity contribution in [3.8, 4) is 6.07 Å². The smallest absolute Gasteiger partial charge is 0.325 e. The van der Waals surface area contributed by atoms with Crippen molar-refractivity contribution in [1.82, 2.24) is 15.2 Å². The van der Waals surface area contributed by atoms with E-state index in [4.69, 9.17) is 10.00 Å². The summed E-state index contributed by atoms with van der Waals surface area (Å²) in [6.07, 6.45) is 3.51. The fourth-order valence-electron chi connectivity index (χ4n) is 1.62. The fourth-order valence-corrected chi connectivity index (χ4v) is 1.62. The molecule has 0 atom stereocenters. The third-order valence-electron chi connectivity index (χ3n) is 2.57. The van der Waals surface area contributed by atoms with Gasteiger partial charge in [0.2, 0.25) is 0 Å². The first-order valence-corrected chi connectivity index (χ1v) is 6.61. The van der Waals surface area contributed by atoms with Crippen molar-refractivity contribution in [2.24, 2.45) is 0 Å². The molecule has 0 aliphatic rings. The zero-order valence-corrected chi connectivity index (χ0v) is 11.9. The van der Waals surface area contributed by atoms with E-state index >= 15 is 0 Å². The Bertz CT molecular complexity index is 499. The summed E-state index contributed by atoms with van der Waals surface area (Å²) in [5, 5.41) is 11.1. The topological polar surface area (TPSA) is 95.3 Å². The lowest BCUT2D eigenvalue weighted by atomic mass is 10.2. The van der Waals surface area contributed by atoms with E-state index in [1.54, 1.807) is 25.4 Å². The van der Waals surface area contributed by atoms with Gasteiger partial charge in [-0.15, -0.1) is 0 Å². The zero-order valence-electron chi connectivity index (χ0n) is 11.9. The van der Waals surface area contributed by atoms with Crippen LogP contribution in [0.2, 0.25) is 0 Å². The highest BCUT2D eigenvalue weighted by Crippen LogP contribution is 2.04. The van der Waals surface area contributed by atoms with Crippen LogP contribution in [0.4, 0.5) is 4.79 Å². The number of nitrogens with one attached hydrogen (secondary N) is 1. The molecule has 1 rings (SSSR count). The molecule has 0 saturated carbocycles. The van der Waals surface area contributed by atoms with Gasteiger partial charge in [0.15, 0.2) is 0 Å². The molecule has 1 N–H and O–H groups in total. The van der Waals surface area contributed by atoms with Gasteiger partial charge in [0, 0.05) is 25.5 Å². The van der Waals surface area contributed by atoms with Crippen LogP contribution in [0, 0.1) is 11.3 Å². The minimum absolute atomic E-state index is 0.192. The molecule has 0 unspecified atom stereocenters. The Labute approximate surface area is 123 Å². The second kappa shape index (κ2) is 9.31. The number of nitrogens with zero attached hydrogens (tertiary/aromatic N) is 3. The number of ether oxygens (including phenoxy) is 1. The average Bonchev–Trinajstić information content (AvgIpc) is 2.50. The Morgan fingerprint density at radius 1 is 1.52 bits per heavy atom. The van der Waals surface area contributed by atoms with Crippen molar-refractivity contribution in [1.29, 1.82) is 5.26 Å². The lowest BCUT2D eigenvalue weighted by Crippen LogP contribution is -2.42. The lowest BCUT2D eigenvalue weighted by Gasteiger charge is -2.21. The highest BCUT2D eigenvalue weighted by atomic mass is 16.5. The maximum Gasteiger partial charge on any atom is 0.325 e. The molecule has 0 spiro atoms. The van der Waals surface area contributed by atoms with Crippen LogP contribution in [0.25, 0.3) is 0 Å². The number of pyridine rings is 1. The summed E-state index contributed by atoms with van der Waals surface area (Å²) >= 11 is 0. The van der Waals surface area contributed by atoms with Crippen molar-refractivity contribution in [2.45, 2.75) is 19.9 Å². The molecule has 1 heterocycles. The van der Waals surface area contributed by atoms with E-state index in [-0.39, 0.29) is 26.1 Å². The molecule has 0 aromatic carbocycles. The first-order valence-electron chi connectivity index (χ1n) is 6.61. The van der Waals surface area contributed by atoms with Gasteiger partial charge in [-0.05, 0) is 18.6 Å². The second-order valence-electron chi connectivity index (χ2n) is 4.15. The number of rotatable bonds is 7. The maximum absolute atomic E-state index is 12.0. The predicted octanol–water partition coefficient (Wildman–Crippen LogP) is 1.07. The molecule has 0 aliphatic carbocycles. The zero-order chi connectivity index (χ0) is 15.5. The minimum atomic E-state index is -0.493. The molecule has 7 heteroatoms. The summed E-state index contributed by atoms with van der Waals surface area (Å²) in [4.78, 5) is 28.7. The molecule has 0 aliphatic heterocycles. The van der Waals surface area contributed by atoms with Gasteiger partial charge >= 0.3 is 12.0 Å². The number of nitriles is 1. The number of hydrogen-bond donors (Lipinski definition) is 1. The van der Waals surface area contributed by atoms with Crippen LogP contribution < -0.4 is 5.32 Å². The standard InChI is InChI=1S/C14H18N4O3/c1-2-21-13(19)10-17-14(20)18(8-4-6-15)11-12-5-3-7-16-9-12/h3,5,7,9H,2,4,8,10-11H2,1H3,(H,17,20). The van der Waals surface area contributed by atoms with Crippen molar-refractivity contribution >= 4 is 12.0 Å². The third-order valence-corrected chi connectivity index (χ3v) is 2.57. The number of carbonyl (C=O) groups excluding carboxylic acids is 2. The molecule has 7 nitrogen and oxygen atoms in total. The first-order chi connectivity index (χ1) is 10.2. The van der Waals surface area contributed by atoms with Crippen LogP contribution in [0.3, 0.4) is 0 Å². The molecule has 0 saturated heterocycles. The van der Waals surface area contributed by atoms with E-state index in [1.807, 2.05) is 12.1 Å². The Morgan fingerprint density at radius 2 is 2.33 bits per heavy atom. The van der Waals surface area contributed by atoms with Crippen molar-refractivity contribution in [3.63, 3.8) is 0 Å². The maximum atomic E-state index is 12.0. The van der Waals surface area contributed by atoms with Gasteiger partial charge in [-0.25, -0.2) is 4.79 Å². The summed E-state index contributed by atoms with van der Waals surface area (Å²) in [6.45, 7) is 2.37. The highest BCUT2D eigenvalue weighted by molar-refractivity contribution is 5.80. The van der Waals surface area contributed by atoms with Gasteiger partial charge in [-0.1, -0.05) is 6.07 Å². The van der Waals surface area contributed by atoms with Crippen LogP contribution in [-0.2, 0) is 16.1 Å². The molecule has 2 amide bonds. The molecule has 1 aromatic heterocycles. The van der Waals surface area contributed by atoms with E-state index in [0.717, 1.165) is 5.56 Å². The number of aromatic nitrogens is 1. The number of amides is 2. The van der Waals surface area contributed by atoms with Crippen LogP contribution >= 0.6 is 0 Å². The molecule has 0 fully saturated rings.